The third-order valence-corrected chi connectivity index (χ3v) is 6.54. The summed E-state index contributed by atoms with van der Waals surface area (Å²) in [6.45, 7) is 5.40. The van der Waals surface area contributed by atoms with Crippen LogP contribution in [0.5, 0.6) is 0 Å². The van der Waals surface area contributed by atoms with Crippen LogP contribution < -0.4 is 5.32 Å². The first-order chi connectivity index (χ1) is 9.74. The number of nitrogens with one attached hydrogen (secondary N) is 1. The molecule has 4 heteroatoms. The molecule has 0 spiro atoms. The highest BCUT2D eigenvalue weighted by Gasteiger charge is 2.36. The lowest BCUT2D eigenvalue weighted by atomic mass is 9.86. The minimum atomic E-state index is 0.103. The molecule has 1 aliphatic carbocycles. The quantitative estimate of drug-likeness (QED) is 0.864. The molecule has 2 heterocycles. The van der Waals surface area contributed by atoms with E-state index in [1.54, 1.807) is 0 Å². The van der Waals surface area contributed by atoms with Crippen LogP contribution in [-0.2, 0) is 4.74 Å². The fourth-order valence-electron chi connectivity index (χ4n) is 3.90. The molecule has 1 saturated carbocycles. The maximum atomic E-state index is 6.07. The van der Waals surface area contributed by atoms with Gasteiger partial charge in [-0.2, -0.15) is 0 Å². The maximum absolute atomic E-state index is 6.07. The first-order valence-corrected chi connectivity index (χ1v) is 9.34. The van der Waals surface area contributed by atoms with Gasteiger partial charge in [0.2, 0.25) is 0 Å². The van der Waals surface area contributed by atoms with E-state index in [0.29, 0.717) is 12.1 Å². The summed E-state index contributed by atoms with van der Waals surface area (Å²) < 4.78 is 6.07. The second-order valence-corrected chi connectivity index (χ2v) is 7.58. The van der Waals surface area contributed by atoms with Crippen molar-refractivity contribution in [1.82, 2.24) is 5.32 Å². The second kappa shape index (κ2) is 6.27. The SMILES string of the molecule is CCC1(CC)CC(NC2=NC3CCCC3CS2)CCO1. The molecule has 2 fully saturated rings. The van der Waals surface area contributed by atoms with Gasteiger partial charge < -0.3 is 10.1 Å². The third kappa shape index (κ3) is 3.01. The van der Waals surface area contributed by atoms with Crippen molar-refractivity contribution in [2.45, 2.75) is 76.5 Å². The standard InChI is InChI=1S/C16H28N2OS/c1-3-16(4-2)10-13(8-9-19-16)17-15-18-14-7-5-6-12(14)11-20-15/h12-14H,3-11H2,1-2H3,(H,17,18). The van der Waals surface area contributed by atoms with Crippen LogP contribution in [0, 0.1) is 5.92 Å². The average molecular weight is 296 g/mol. The number of hydrogen-bond acceptors (Lipinski definition) is 4. The van der Waals surface area contributed by atoms with Crippen LogP contribution in [0.25, 0.3) is 0 Å². The van der Waals surface area contributed by atoms with E-state index in [1.807, 2.05) is 11.8 Å². The lowest BCUT2D eigenvalue weighted by Crippen LogP contribution is -2.48. The largest absolute Gasteiger partial charge is 0.375 e. The van der Waals surface area contributed by atoms with E-state index >= 15 is 0 Å². The summed E-state index contributed by atoms with van der Waals surface area (Å²) in [5, 5.41) is 4.94. The molecule has 0 aromatic rings. The van der Waals surface area contributed by atoms with Gasteiger partial charge in [-0.15, -0.1) is 0 Å². The monoisotopic (exact) mass is 296 g/mol. The molecule has 2 aliphatic heterocycles. The van der Waals surface area contributed by atoms with Crippen molar-refractivity contribution in [2.75, 3.05) is 12.4 Å². The molecule has 114 valence electrons. The third-order valence-electron chi connectivity index (χ3n) is 5.45. The van der Waals surface area contributed by atoms with Gasteiger partial charge in [-0.3, -0.25) is 4.99 Å². The summed E-state index contributed by atoms with van der Waals surface area (Å²) in [7, 11) is 0. The summed E-state index contributed by atoms with van der Waals surface area (Å²) in [6, 6.07) is 1.16. The highest BCUT2D eigenvalue weighted by Crippen LogP contribution is 2.36. The van der Waals surface area contributed by atoms with Gasteiger partial charge in [0.15, 0.2) is 5.17 Å². The Balaban J connectivity index is 1.60. The zero-order valence-corrected chi connectivity index (χ0v) is 13.7. The highest BCUT2D eigenvalue weighted by atomic mass is 32.2. The van der Waals surface area contributed by atoms with Gasteiger partial charge in [0.1, 0.15) is 0 Å². The molecule has 3 atom stereocenters. The lowest BCUT2D eigenvalue weighted by Gasteiger charge is -2.41. The van der Waals surface area contributed by atoms with Crippen molar-refractivity contribution in [2.24, 2.45) is 10.9 Å². The van der Waals surface area contributed by atoms with E-state index in [4.69, 9.17) is 9.73 Å². The van der Waals surface area contributed by atoms with E-state index < -0.39 is 0 Å². The smallest absolute Gasteiger partial charge is 0.157 e. The topological polar surface area (TPSA) is 33.6 Å². The van der Waals surface area contributed by atoms with Gasteiger partial charge in [0.05, 0.1) is 11.6 Å². The zero-order valence-electron chi connectivity index (χ0n) is 12.9. The summed E-state index contributed by atoms with van der Waals surface area (Å²) in [5.74, 6) is 2.12. The molecule has 0 amide bonds. The minimum absolute atomic E-state index is 0.103. The summed E-state index contributed by atoms with van der Waals surface area (Å²) in [6.07, 6.45) is 8.55. The number of rotatable bonds is 3. The Hall–Kier alpha value is -0.220. The lowest BCUT2D eigenvalue weighted by molar-refractivity contribution is -0.0909. The van der Waals surface area contributed by atoms with E-state index in [0.717, 1.165) is 38.2 Å². The fraction of sp³-hybridized carbons (Fsp3) is 0.938. The Labute approximate surface area is 127 Å². The normalized spacial score (nSPS) is 36.3. The van der Waals surface area contributed by atoms with Gasteiger partial charge in [0.25, 0.3) is 0 Å². The van der Waals surface area contributed by atoms with Crippen LogP contribution in [0.3, 0.4) is 0 Å². The zero-order chi connectivity index (χ0) is 14.0. The average Bonchev–Trinajstić information content (AvgIpc) is 2.95. The molecular formula is C16H28N2OS. The number of fused-ring (bicyclic) bond motifs is 1. The van der Waals surface area contributed by atoms with Crippen molar-refractivity contribution in [3.8, 4) is 0 Å². The Morgan fingerprint density at radius 1 is 1.30 bits per heavy atom. The first kappa shape index (κ1) is 14.7. The Kier molecular flexibility index (Phi) is 4.61. The summed E-state index contributed by atoms with van der Waals surface area (Å²) >= 11 is 1.95. The molecule has 3 rings (SSSR count). The van der Waals surface area contributed by atoms with Gasteiger partial charge in [0, 0.05) is 18.4 Å². The highest BCUT2D eigenvalue weighted by molar-refractivity contribution is 8.13. The molecule has 20 heavy (non-hydrogen) atoms. The van der Waals surface area contributed by atoms with Crippen LogP contribution in [0.15, 0.2) is 4.99 Å². The number of nitrogens with zero attached hydrogens (tertiary/aromatic N) is 1. The molecule has 0 radical (unpaired) electrons. The van der Waals surface area contributed by atoms with E-state index in [2.05, 4.69) is 19.2 Å². The van der Waals surface area contributed by atoms with E-state index in [-0.39, 0.29) is 5.60 Å². The fourth-order valence-corrected chi connectivity index (χ4v) is 5.12. The predicted octanol–water partition coefficient (Wildman–Crippen LogP) is 3.59. The number of thioether (sulfide) groups is 1. The molecular weight excluding hydrogens is 268 g/mol. The molecule has 3 unspecified atom stereocenters. The number of aliphatic imine (C=N–C) groups is 1. The maximum Gasteiger partial charge on any atom is 0.157 e. The van der Waals surface area contributed by atoms with E-state index in [9.17, 15) is 0 Å². The van der Waals surface area contributed by atoms with E-state index in [1.165, 1.54) is 30.2 Å². The van der Waals surface area contributed by atoms with Crippen molar-refractivity contribution in [3.05, 3.63) is 0 Å². The molecule has 3 aliphatic rings. The first-order valence-electron chi connectivity index (χ1n) is 8.36. The van der Waals surface area contributed by atoms with Gasteiger partial charge >= 0.3 is 0 Å². The minimum Gasteiger partial charge on any atom is -0.375 e. The number of amidine groups is 1. The number of hydrogen-bond donors (Lipinski definition) is 1. The molecule has 3 nitrogen and oxygen atoms in total. The summed E-state index contributed by atoms with van der Waals surface area (Å²) in [4.78, 5) is 4.97. The molecule has 0 bridgehead atoms. The van der Waals surface area contributed by atoms with Crippen molar-refractivity contribution in [3.63, 3.8) is 0 Å². The van der Waals surface area contributed by atoms with Gasteiger partial charge in [-0.25, -0.2) is 0 Å². The predicted molar refractivity (Wildman–Crippen MR) is 86.4 cm³/mol. The van der Waals surface area contributed by atoms with Gasteiger partial charge in [-0.1, -0.05) is 32.0 Å². The van der Waals surface area contributed by atoms with Crippen molar-refractivity contribution >= 4 is 16.9 Å². The second-order valence-electron chi connectivity index (χ2n) is 6.58. The molecule has 1 saturated heterocycles. The Bertz CT molecular complexity index is 367. The molecule has 1 N–H and O–H groups in total. The van der Waals surface area contributed by atoms with Crippen LogP contribution in [-0.4, -0.2) is 35.2 Å². The van der Waals surface area contributed by atoms with Crippen LogP contribution in [0.2, 0.25) is 0 Å². The number of ether oxygens (including phenoxy) is 1. The van der Waals surface area contributed by atoms with Crippen LogP contribution in [0.4, 0.5) is 0 Å². The Morgan fingerprint density at radius 3 is 2.95 bits per heavy atom. The van der Waals surface area contributed by atoms with Crippen LogP contribution in [0.1, 0.15) is 58.8 Å². The van der Waals surface area contributed by atoms with Crippen LogP contribution >= 0.6 is 11.8 Å². The molecule has 0 aromatic carbocycles. The summed E-state index contributed by atoms with van der Waals surface area (Å²) in [5.41, 5.74) is 0.103. The molecule has 0 aromatic heterocycles. The van der Waals surface area contributed by atoms with Crippen molar-refractivity contribution in [1.29, 1.82) is 0 Å². The Morgan fingerprint density at radius 2 is 2.15 bits per heavy atom. The van der Waals surface area contributed by atoms with Gasteiger partial charge in [-0.05, 0) is 44.4 Å². The van der Waals surface area contributed by atoms with Crippen molar-refractivity contribution < 1.29 is 4.74 Å².